The highest BCUT2D eigenvalue weighted by atomic mass is 32.2. The number of hydrogen-bond acceptors (Lipinski definition) is 6. The maximum absolute atomic E-state index is 13.1. The molecule has 0 aliphatic heterocycles. The van der Waals surface area contributed by atoms with E-state index < -0.39 is 40.2 Å². The number of aliphatic hydroxyl groups excluding tert-OH is 1. The molecule has 2 amide bonds. The van der Waals surface area contributed by atoms with Crippen LogP contribution in [0.15, 0.2) is 48.5 Å². The van der Waals surface area contributed by atoms with E-state index in [4.69, 9.17) is 4.74 Å². The molecule has 228 valence electrons. The summed E-state index contributed by atoms with van der Waals surface area (Å²) in [5.41, 5.74) is 2.79. The van der Waals surface area contributed by atoms with Crippen molar-refractivity contribution in [2.24, 2.45) is 11.8 Å². The maximum Gasteiger partial charge on any atom is 0.258 e. The normalized spacial score (nSPS) is 14.8. The first-order valence-electron chi connectivity index (χ1n) is 14.1. The number of nitrogens with one attached hydrogen (secondary N) is 3. The zero-order valence-corrected chi connectivity index (χ0v) is 26.1. The molecule has 2 rings (SSSR count). The summed E-state index contributed by atoms with van der Waals surface area (Å²) in [7, 11) is -3.61. The maximum atomic E-state index is 13.1. The molecule has 0 radical (unpaired) electrons. The first kappa shape index (κ1) is 34.3. The van der Waals surface area contributed by atoms with Crippen LogP contribution in [0.2, 0.25) is 0 Å². The van der Waals surface area contributed by atoms with E-state index in [2.05, 4.69) is 15.4 Å². The van der Waals surface area contributed by atoms with Crippen molar-refractivity contribution in [3.05, 3.63) is 65.2 Å². The number of hydrogen-bond donors (Lipinski definition) is 4. The second-order valence-electron chi connectivity index (χ2n) is 11.6. The third-order valence-corrected chi connectivity index (χ3v) is 7.47. The number of para-hydroxylation sites is 1. The van der Waals surface area contributed by atoms with Crippen molar-refractivity contribution in [1.29, 1.82) is 0 Å². The predicted octanol–water partition coefficient (Wildman–Crippen LogP) is 3.27. The minimum Gasteiger partial charge on any atom is -0.483 e. The molecule has 1 unspecified atom stereocenters. The summed E-state index contributed by atoms with van der Waals surface area (Å²) in [5, 5.41) is 17.3. The number of rotatable bonds is 16. The Labute approximate surface area is 245 Å². The number of aliphatic hydroxyl groups is 1. The molecule has 41 heavy (non-hydrogen) atoms. The van der Waals surface area contributed by atoms with E-state index in [0.29, 0.717) is 18.6 Å². The van der Waals surface area contributed by atoms with Gasteiger partial charge in [0.2, 0.25) is 15.9 Å². The van der Waals surface area contributed by atoms with Gasteiger partial charge in [-0.05, 0) is 61.6 Å². The molecular formula is C31H47N3O6S. The Morgan fingerprint density at radius 1 is 0.902 bits per heavy atom. The molecule has 0 heterocycles. The number of amides is 2. The van der Waals surface area contributed by atoms with E-state index in [1.54, 1.807) is 13.8 Å². The van der Waals surface area contributed by atoms with Crippen LogP contribution in [0, 0.1) is 25.7 Å². The highest BCUT2D eigenvalue weighted by molar-refractivity contribution is 7.88. The molecule has 4 atom stereocenters. The van der Waals surface area contributed by atoms with Crippen LogP contribution in [0.4, 0.5) is 0 Å². The van der Waals surface area contributed by atoms with Crippen molar-refractivity contribution in [2.75, 3.05) is 12.9 Å². The highest BCUT2D eigenvalue weighted by Gasteiger charge is 2.30. The Balaban J connectivity index is 2.20. The fourth-order valence-electron chi connectivity index (χ4n) is 4.82. The topological polar surface area (TPSA) is 134 Å². The Hall–Kier alpha value is -2.95. The van der Waals surface area contributed by atoms with Gasteiger partial charge < -0.3 is 20.5 Å². The number of ether oxygens (including phenoxy) is 1. The van der Waals surface area contributed by atoms with E-state index in [1.807, 2.05) is 76.2 Å². The van der Waals surface area contributed by atoms with Crippen molar-refractivity contribution < 1.29 is 27.9 Å². The molecule has 0 saturated heterocycles. The molecule has 0 aromatic heterocycles. The van der Waals surface area contributed by atoms with Gasteiger partial charge in [0.1, 0.15) is 11.8 Å². The van der Waals surface area contributed by atoms with E-state index in [-0.39, 0.29) is 30.8 Å². The van der Waals surface area contributed by atoms with Crippen molar-refractivity contribution in [1.82, 2.24) is 15.4 Å². The molecule has 0 spiro atoms. The van der Waals surface area contributed by atoms with Crippen molar-refractivity contribution in [3.63, 3.8) is 0 Å². The lowest BCUT2D eigenvalue weighted by molar-refractivity contribution is -0.126. The van der Waals surface area contributed by atoms with Crippen molar-refractivity contribution in [3.8, 4) is 5.75 Å². The first-order valence-corrected chi connectivity index (χ1v) is 16.0. The molecule has 0 aliphatic rings. The van der Waals surface area contributed by atoms with Gasteiger partial charge in [-0.3, -0.25) is 9.59 Å². The standard InChI is InChI=1S/C31H47N3O6S/c1-20(2)16-25(32-31(37)29(21(3)4)34-41(7,38)39)18-27(35)26(17-24-14-9-8-10-15-24)33-28(36)19-40-30-22(5)12-11-13-23(30)6/h8-15,20-21,25-27,29,34-35H,16-19H2,1-7H3,(H,32,37)(H,33,36)/t25-,26-,27-,29?/m0/s1. The Bertz CT molecular complexity index is 1210. The average Bonchev–Trinajstić information content (AvgIpc) is 2.86. The van der Waals surface area contributed by atoms with Gasteiger partial charge in [-0.2, -0.15) is 0 Å². The Kier molecular flexibility index (Phi) is 13.3. The van der Waals surface area contributed by atoms with Crippen molar-refractivity contribution >= 4 is 21.8 Å². The van der Waals surface area contributed by atoms with Gasteiger partial charge in [-0.25, -0.2) is 13.1 Å². The number of carbonyl (C=O) groups is 2. The summed E-state index contributed by atoms with van der Waals surface area (Å²) >= 11 is 0. The minimum absolute atomic E-state index is 0.170. The van der Waals surface area contributed by atoms with Gasteiger partial charge in [0.15, 0.2) is 6.61 Å². The van der Waals surface area contributed by atoms with Gasteiger partial charge in [-0.15, -0.1) is 0 Å². The van der Waals surface area contributed by atoms with Crippen LogP contribution < -0.4 is 20.1 Å². The van der Waals surface area contributed by atoms with Crippen LogP contribution >= 0.6 is 0 Å². The molecular weight excluding hydrogens is 542 g/mol. The summed E-state index contributed by atoms with van der Waals surface area (Å²) in [4.78, 5) is 26.1. The fourth-order valence-corrected chi connectivity index (χ4v) is 5.66. The van der Waals surface area contributed by atoms with Crippen LogP contribution in [-0.2, 0) is 26.0 Å². The van der Waals surface area contributed by atoms with Gasteiger partial charge in [0, 0.05) is 6.04 Å². The van der Waals surface area contributed by atoms with Gasteiger partial charge in [0.05, 0.1) is 18.4 Å². The van der Waals surface area contributed by atoms with E-state index >= 15 is 0 Å². The highest BCUT2D eigenvalue weighted by Crippen LogP contribution is 2.22. The lowest BCUT2D eigenvalue weighted by atomic mass is 9.92. The Morgan fingerprint density at radius 2 is 1.51 bits per heavy atom. The third kappa shape index (κ3) is 12.2. The van der Waals surface area contributed by atoms with Crippen LogP contribution in [0.3, 0.4) is 0 Å². The monoisotopic (exact) mass is 589 g/mol. The van der Waals surface area contributed by atoms with Gasteiger partial charge in [0.25, 0.3) is 5.91 Å². The molecule has 0 fully saturated rings. The lowest BCUT2D eigenvalue weighted by Crippen LogP contribution is -2.54. The summed E-state index contributed by atoms with van der Waals surface area (Å²) in [6.07, 6.45) is 1.14. The van der Waals surface area contributed by atoms with Crippen LogP contribution in [0.1, 0.15) is 57.2 Å². The third-order valence-electron chi connectivity index (χ3n) is 6.78. The zero-order chi connectivity index (χ0) is 30.7. The predicted molar refractivity (Wildman–Crippen MR) is 162 cm³/mol. The second kappa shape index (κ2) is 15.9. The van der Waals surface area contributed by atoms with E-state index in [9.17, 15) is 23.1 Å². The number of carbonyl (C=O) groups excluding carboxylic acids is 2. The summed E-state index contributed by atoms with van der Waals surface area (Å²) in [6.45, 7) is 11.2. The molecule has 0 bridgehead atoms. The van der Waals surface area contributed by atoms with Crippen LogP contribution in [0.5, 0.6) is 5.75 Å². The molecule has 2 aromatic rings. The molecule has 0 aliphatic carbocycles. The smallest absolute Gasteiger partial charge is 0.258 e. The molecule has 2 aromatic carbocycles. The molecule has 0 saturated carbocycles. The lowest BCUT2D eigenvalue weighted by Gasteiger charge is -2.30. The summed E-state index contributed by atoms with van der Waals surface area (Å²) < 4.78 is 32.0. The van der Waals surface area contributed by atoms with E-state index in [1.165, 1.54) is 0 Å². The van der Waals surface area contributed by atoms with Gasteiger partial charge in [-0.1, -0.05) is 76.2 Å². The minimum atomic E-state index is -3.61. The number of benzene rings is 2. The molecule has 10 heteroatoms. The largest absolute Gasteiger partial charge is 0.483 e. The fraction of sp³-hybridized carbons (Fsp3) is 0.548. The Morgan fingerprint density at radius 3 is 2.05 bits per heavy atom. The second-order valence-corrected chi connectivity index (χ2v) is 13.4. The summed E-state index contributed by atoms with van der Waals surface area (Å²) in [5.74, 6) is -0.245. The van der Waals surface area contributed by atoms with Crippen LogP contribution in [-0.4, -0.2) is 62.4 Å². The quantitative estimate of drug-likeness (QED) is 0.238. The van der Waals surface area contributed by atoms with Crippen LogP contribution in [0.25, 0.3) is 0 Å². The number of sulfonamides is 1. The average molecular weight is 590 g/mol. The zero-order valence-electron chi connectivity index (χ0n) is 25.3. The van der Waals surface area contributed by atoms with Crippen molar-refractivity contribution in [2.45, 2.75) is 85.0 Å². The summed E-state index contributed by atoms with van der Waals surface area (Å²) in [6, 6.07) is 13.3. The van der Waals surface area contributed by atoms with E-state index in [0.717, 1.165) is 22.9 Å². The molecule has 4 N–H and O–H groups in total. The van der Waals surface area contributed by atoms with Gasteiger partial charge >= 0.3 is 0 Å². The number of aryl methyl sites for hydroxylation is 2. The first-order chi connectivity index (χ1) is 19.2. The SMILES string of the molecule is Cc1cccc(C)c1OCC(=O)N[C@@H](Cc1ccccc1)[C@@H](O)C[C@H](CC(C)C)NC(=O)C(NS(C)(=O)=O)C(C)C. The molecule has 9 nitrogen and oxygen atoms in total.